The molecule has 1 saturated heterocycles. The standard InChI is InChI=1S/C11H12N2O2/c14-11-3-1-2-10-12-9(6-13(10)11)8-4-5-15-7-8/h1-3,6,8,12H,4-5,7H2. The number of H-pyrrole nitrogens is 1. The largest absolute Gasteiger partial charge is 0.381 e. The number of pyridine rings is 1. The van der Waals surface area contributed by atoms with E-state index in [0.29, 0.717) is 5.92 Å². The summed E-state index contributed by atoms with van der Waals surface area (Å²) in [7, 11) is 0. The second-order valence-corrected chi connectivity index (χ2v) is 3.89. The van der Waals surface area contributed by atoms with Gasteiger partial charge in [-0.15, -0.1) is 0 Å². The average molecular weight is 204 g/mol. The predicted molar refractivity (Wildman–Crippen MR) is 56.2 cm³/mol. The van der Waals surface area contributed by atoms with Gasteiger partial charge in [0, 0.05) is 30.5 Å². The summed E-state index contributed by atoms with van der Waals surface area (Å²) in [5.74, 6) is 0.407. The van der Waals surface area contributed by atoms with Crippen LogP contribution in [0.5, 0.6) is 0 Å². The highest BCUT2D eigenvalue weighted by molar-refractivity contribution is 5.40. The fourth-order valence-corrected chi connectivity index (χ4v) is 2.04. The molecule has 0 amide bonds. The highest BCUT2D eigenvalue weighted by Crippen LogP contribution is 2.23. The van der Waals surface area contributed by atoms with E-state index in [9.17, 15) is 4.79 Å². The molecule has 1 N–H and O–H groups in total. The van der Waals surface area contributed by atoms with Crippen LogP contribution in [0.15, 0.2) is 29.2 Å². The number of imidazole rings is 1. The molecule has 3 heterocycles. The van der Waals surface area contributed by atoms with E-state index in [2.05, 4.69) is 4.98 Å². The molecular formula is C11H12N2O2. The van der Waals surface area contributed by atoms with Gasteiger partial charge in [0.2, 0.25) is 0 Å². The number of fused-ring (bicyclic) bond motifs is 1. The van der Waals surface area contributed by atoms with Crippen molar-refractivity contribution in [3.63, 3.8) is 0 Å². The molecule has 0 saturated carbocycles. The van der Waals surface area contributed by atoms with Gasteiger partial charge < -0.3 is 9.72 Å². The lowest BCUT2D eigenvalue weighted by Gasteiger charge is -2.01. The highest BCUT2D eigenvalue weighted by Gasteiger charge is 2.19. The van der Waals surface area contributed by atoms with E-state index in [1.165, 1.54) is 0 Å². The minimum absolute atomic E-state index is 0.00825. The first-order valence-corrected chi connectivity index (χ1v) is 5.12. The van der Waals surface area contributed by atoms with Crippen LogP contribution in [0.4, 0.5) is 0 Å². The lowest BCUT2D eigenvalue weighted by molar-refractivity contribution is 0.193. The molecular weight excluding hydrogens is 192 g/mol. The van der Waals surface area contributed by atoms with Gasteiger partial charge in [0.15, 0.2) is 0 Å². The number of ether oxygens (including phenoxy) is 1. The number of rotatable bonds is 1. The molecule has 0 spiro atoms. The maximum atomic E-state index is 11.5. The zero-order valence-electron chi connectivity index (χ0n) is 8.27. The van der Waals surface area contributed by atoms with Crippen molar-refractivity contribution in [2.24, 2.45) is 0 Å². The van der Waals surface area contributed by atoms with E-state index >= 15 is 0 Å². The zero-order valence-corrected chi connectivity index (χ0v) is 8.27. The van der Waals surface area contributed by atoms with Gasteiger partial charge >= 0.3 is 0 Å². The minimum Gasteiger partial charge on any atom is -0.381 e. The van der Waals surface area contributed by atoms with Crippen LogP contribution in [0.25, 0.3) is 5.65 Å². The SMILES string of the molecule is O=c1cccc2[nH]c(C3CCOC3)cn12. The Labute approximate surface area is 86.5 Å². The summed E-state index contributed by atoms with van der Waals surface area (Å²) in [4.78, 5) is 14.8. The van der Waals surface area contributed by atoms with Gasteiger partial charge in [-0.05, 0) is 12.5 Å². The van der Waals surface area contributed by atoms with Crippen LogP contribution >= 0.6 is 0 Å². The van der Waals surface area contributed by atoms with Crippen molar-refractivity contribution in [2.45, 2.75) is 12.3 Å². The second-order valence-electron chi connectivity index (χ2n) is 3.89. The predicted octanol–water partition coefficient (Wildman–Crippen LogP) is 1.13. The normalized spacial score (nSPS) is 21.2. The molecule has 2 aromatic heterocycles. The second kappa shape index (κ2) is 3.24. The third-order valence-electron chi connectivity index (χ3n) is 2.90. The van der Waals surface area contributed by atoms with E-state index in [0.717, 1.165) is 31.0 Å². The minimum atomic E-state index is 0.00825. The monoisotopic (exact) mass is 204 g/mol. The van der Waals surface area contributed by atoms with Crippen LogP contribution in [-0.2, 0) is 4.74 Å². The summed E-state index contributed by atoms with van der Waals surface area (Å²) in [6.07, 6.45) is 2.92. The summed E-state index contributed by atoms with van der Waals surface area (Å²) in [5.41, 5.74) is 1.95. The molecule has 1 atom stereocenters. The van der Waals surface area contributed by atoms with Crippen LogP contribution in [0.2, 0.25) is 0 Å². The molecule has 1 aliphatic heterocycles. The van der Waals surface area contributed by atoms with E-state index in [4.69, 9.17) is 4.74 Å². The molecule has 78 valence electrons. The van der Waals surface area contributed by atoms with Crippen molar-refractivity contribution in [2.75, 3.05) is 13.2 Å². The molecule has 4 heteroatoms. The highest BCUT2D eigenvalue weighted by atomic mass is 16.5. The smallest absolute Gasteiger partial charge is 0.256 e. The first kappa shape index (κ1) is 8.73. The Bertz CT molecular complexity index is 535. The molecule has 0 radical (unpaired) electrons. The van der Waals surface area contributed by atoms with E-state index < -0.39 is 0 Å². The Morgan fingerprint density at radius 2 is 2.40 bits per heavy atom. The number of nitrogens with zero attached hydrogens (tertiary/aromatic N) is 1. The zero-order chi connectivity index (χ0) is 10.3. The van der Waals surface area contributed by atoms with Crippen molar-refractivity contribution in [1.82, 2.24) is 9.38 Å². The van der Waals surface area contributed by atoms with E-state index in [1.54, 1.807) is 16.5 Å². The maximum Gasteiger partial charge on any atom is 0.256 e. The van der Waals surface area contributed by atoms with Crippen molar-refractivity contribution >= 4 is 5.65 Å². The molecule has 1 aliphatic rings. The fraction of sp³-hybridized carbons (Fsp3) is 0.364. The molecule has 1 fully saturated rings. The Hall–Kier alpha value is -1.55. The maximum absolute atomic E-state index is 11.5. The molecule has 0 bridgehead atoms. The Kier molecular flexibility index (Phi) is 1.89. The molecule has 0 aromatic carbocycles. The van der Waals surface area contributed by atoms with Crippen molar-refractivity contribution < 1.29 is 4.74 Å². The summed E-state index contributed by atoms with van der Waals surface area (Å²) in [6, 6.07) is 5.24. The van der Waals surface area contributed by atoms with E-state index in [-0.39, 0.29) is 5.56 Å². The van der Waals surface area contributed by atoms with Crippen LogP contribution in [0, 0.1) is 0 Å². The van der Waals surface area contributed by atoms with Crippen molar-refractivity contribution in [3.05, 3.63) is 40.4 Å². The van der Waals surface area contributed by atoms with Gasteiger partial charge in [0.25, 0.3) is 5.56 Å². The number of aromatic nitrogens is 2. The van der Waals surface area contributed by atoms with Gasteiger partial charge in [0.05, 0.1) is 6.61 Å². The third-order valence-corrected chi connectivity index (χ3v) is 2.90. The summed E-state index contributed by atoms with van der Waals surface area (Å²) >= 11 is 0. The summed E-state index contributed by atoms with van der Waals surface area (Å²) in [5, 5.41) is 0. The van der Waals surface area contributed by atoms with Crippen molar-refractivity contribution in [1.29, 1.82) is 0 Å². The van der Waals surface area contributed by atoms with Gasteiger partial charge in [-0.25, -0.2) is 0 Å². The van der Waals surface area contributed by atoms with E-state index in [1.807, 2.05) is 12.3 Å². The summed E-state index contributed by atoms with van der Waals surface area (Å²) in [6.45, 7) is 1.57. The molecule has 3 rings (SSSR count). The first-order chi connectivity index (χ1) is 7.34. The molecule has 15 heavy (non-hydrogen) atoms. The van der Waals surface area contributed by atoms with Gasteiger partial charge in [-0.1, -0.05) is 6.07 Å². The number of nitrogens with one attached hydrogen (secondary N) is 1. The number of aromatic amines is 1. The first-order valence-electron chi connectivity index (χ1n) is 5.12. The topological polar surface area (TPSA) is 46.5 Å². The Morgan fingerprint density at radius 1 is 1.47 bits per heavy atom. The third kappa shape index (κ3) is 1.37. The lowest BCUT2D eigenvalue weighted by Crippen LogP contribution is -2.08. The van der Waals surface area contributed by atoms with Crippen LogP contribution in [0.3, 0.4) is 0 Å². The van der Waals surface area contributed by atoms with Gasteiger partial charge in [-0.3, -0.25) is 9.20 Å². The molecule has 4 nitrogen and oxygen atoms in total. The van der Waals surface area contributed by atoms with Crippen LogP contribution in [-0.4, -0.2) is 22.6 Å². The number of hydrogen-bond acceptors (Lipinski definition) is 2. The van der Waals surface area contributed by atoms with Crippen molar-refractivity contribution in [3.8, 4) is 0 Å². The van der Waals surface area contributed by atoms with Gasteiger partial charge in [-0.2, -0.15) is 0 Å². The fourth-order valence-electron chi connectivity index (χ4n) is 2.04. The lowest BCUT2D eigenvalue weighted by atomic mass is 10.1. The molecule has 2 aromatic rings. The van der Waals surface area contributed by atoms with Gasteiger partial charge in [0.1, 0.15) is 5.65 Å². The quantitative estimate of drug-likeness (QED) is 0.757. The Morgan fingerprint density at radius 3 is 3.13 bits per heavy atom. The van der Waals surface area contributed by atoms with Crippen LogP contribution in [0.1, 0.15) is 18.0 Å². The van der Waals surface area contributed by atoms with Crippen LogP contribution < -0.4 is 5.56 Å². The Balaban J connectivity index is 2.13. The molecule has 0 aliphatic carbocycles. The molecule has 1 unspecified atom stereocenters. The number of hydrogen-bond donors (Lipinski definition) is 1. The average Bonchev–Trinajstić information content (AvgIpc) is 2.86. The summed E-state index contributed by atoms with van der Waals surface area (Å²) < 4.78 is 6.98.